The van der Waals surface area contributed by atoms with Gasteiger partial charge in [-0.25, -0.2) is 9.78 Å². The van der Waals surface area contributed by atoms with Gasteiger partial charge in [-0.05, 0) is 18.6 Å². The lowest BCUT2D eigenvalue weighted by atomic mass is 10.1. The van der Waals surface area contributed by atoms with Crippen LogP contribution >= 0.6 is 11.3 Å². The van der Waals surface area contributed by atoms with Gasteiger partial charge >= 0.3 is 6.03 Å². The molecule has 3 amide bonds. The van der Waals surface area contributed by atoms with Gasteiger partial charge in [-0.15, -0.1) is 11.3 Å². The van der Waals surface area contributed by atoms with Crippen molar-refractivity contribution in [2.75, 3.05) is 38.5 Å². The Balaban J connectivity index is 1.53. The van der Waals surface area contributed by atoms with Gasteiger partial charge in [0.2, 0.25) is 5.91 Å². The smallest absolute Gasteiger partial charge is 0.321 e. The van der Waals surface area contributed by atoms with E-state index in [1.54, 1.807) is 18.4 Å². The number of nitrogens with one attached hydrogen (secondary N) is 2. The number of benzene rings is 1. The van der Waals surface area contributed by atoms with Crippen molar-refractivity contribution in [1.82, 2.24) is 20.1 Å². The Labute approximate surface area is 163 Å². The number of aromatic nitrogens is 1. The topological polar surface area (TPSA) is 77.6 Å². The van der Waals surface area contributed by atoms with Crippen molar-refractivity contribution in [3.8, 4) is 0 Å². The van der Waals surface area contributed by atoms with Crippen LogP contribution in [0.5, 0.6) is 0 Å². The normalized spacial score (nSPS) is 14.8. The molecule has 1 fully saturated rings. The zero-order chi connectivity index (χ0) is 19.2. The molecule has 144 valence electrons. The lowest BCUT2D eigenvalue weighted by Gasteiger charge is -2.34. The number of aryl methyl sites for hydroxylation is 1. The number of nitrogens with zero attached hydrogens (tertiary/aromatic N) is 3. The summed E-state index contributed by atoms with van der Waals surface area (Å²) in [6, 6.07) is 7.29. The maximum Gasteiger partial charge on any atom is 0.321 e. The molecule has 27 heavy (non-hydrogen) atoms. The van der Waals surface area contributed by atoms with E-state index < -0.39 is 0 Å². The maximum absolute atomic E-state index is 12.6. The van der Waals surface area contributed by atoms with Gasteiger partial charge in [0.1, 0.15) is 0 Å². The van der Waals surface area contributed by atoms with E-state index in [-0.39, 0.29) is 18.4 Å². The van der Waals surface area contributed by atoms with E-state index in [0.29, 0.717) is 18.8 Å². The molecule has 8 heteroatoms. The highest BCUT2D eigenvalue weighted by atomic mass is 32.1. The molecule has 0 aliphatic carbocycles. The molecule has 1 saturated heterocycles. The van der Waals surface area contributed by atoms with Gasteiger partial charge in [0.25, 0.3) is 0 Å². The first-order valence-electron chi connectivity index (χ1n) is 9.03. The van der Waals surface area contributed by atoms with Gasteiger partial charge in [0.15, 0.2) is 0 Å². The Morgan fingerprint density at radius 3 is 2.59 bits per heavy atom. The van der Waals surface area contributed by atoms with E-state index in [2.05, 4.69) is 25.9 Å². The first-order valence-corrected chi connectivity index (χ1v) is 9.91. The van der Waals surface area contributed by atoms with E-state index in [9.17, 15) is 9.59 Å². The molecule has 0 radical (unpaired) electrons. The van der Waals surface area contributed by atoms with Gasteiger partial charge in [-0.2, -0.15) is 0 Å². The molecule has 0 saturated carbocycles. The number of anilines is 1. The van der Waals surface area contributed by atoms with Gasteiger partial charge in [0, 0.05) is 50.8 Å². The fraction of sp³-hybridized carbons (Fsp3) is 0.421. The molecule has 1 aromatic carbocycles. The number of carbonyl (C=O) groups is 2. The second-order valence-corrected chi connectivity index (χ2v) is 7.62. The summed E-state index contributed by atoms with van der Waals surface area (Å²) < 4.78 is 0. The van der Waals surface area contributed by atoms with Crippen LogP contribution in [-0.4, -0.2) is 59.9 Å². The van der Waals surface area contributed by atoms with Crippen molar-refractivity contribution >= 4 is 29.0 Å². The molecule has 0 atom stereocenters. The lowest BCUT2D eigenvalue weighted by molar-refractivity contribution is -0.119. The zero-order valence-electron chi connectivity index (χ0n) is 15.7. The summed E-state index contributed by atoms with van der Waals surface area (Å²) in [6.07, 6.45) is 0.244. The summed E-state index contributed by atoms with van der Waals surface area (Å²) >= 11 is 1.67. The minimum absolute atomic E-state index is 0.0809. The van der Waals surface area contributed by atoms with Crippen LogP contribution in [0.15, 0.2) is 29.6 Å². The molecular weight excluding hydrogens is 362 g/mol. The third-order valence-corrected chi connectivity index (χ3v) is 5.42. The summed E-state index contributed by atoms with van der Waals surface area (Å²) in [5, 5.41) is 8.74. The van der Waals surface area contributed by atoms with E-state index in [1.807, 2.05) is 36.1 Å². The standard InChI is InChI=1S/C19H25N5O2S/c1-14-21-16(13-27-14)12-23-7-9-24(10-8-23)19(26)22-17-6-4-3-5-15(17)11-18(25)20-2/h3-6,13H,7-12H2,1-2H3,(H,20,25)(H,22,26). The Bertz CT molecular complexity index is 799. The van der Waals surface area contributed by atoms with Gasteiger partial charge < -0.3 is 15.5 Å². The molecule has 0 spiro atoms. The third kappa shape index (κ3) is 5.27. The summed E-state index contributed by atoms with van der Waals surface area (Å²) in [7, 11) is 1.61. The van der Waals surface area contributed by atoms with Crippen LogP contribution in [0, 0.1) is 6.92 Å². The summed E-state index contributed by atoms with van der Waals surface area (Å²) in [4.78, 5) is 32.9. The average molecular weight is 388 g/mol. The number of hydrogen-bond acceptors (Lipinski definition) is 5. The van der Waals surface area contributed by atoms with E-state index in [1.165, 1.54) is 0 Å². The third-order valence-electron chi connectivity index (χ3n) is 4.60. The van der Waals surface area contributed by atoms with Crippen molar-refractivity contribution in [3.05, 3.63) is 45.9 Å². The molecule has 1 aliphatic rings. The van der Waals surface area contributed by atoms with Gasteiger partial charge in [-0.3, -0.25) is 9.69 Å². The van der Waals surface area contributed by atoms with Crippen LogP contribution in [0.3, 0.4) is 0 Å². The predicted molar refractivity (Wildman–Crippen MR) is 107 cm³/mol. The first kappa shape index (κ1) is 19.3. The summed E-state index contributed by atoms with van der Waals surface area (Å²) in [5.41, 5.74) is 2.59. The van der Waals surface area contributed by atoms with Crippen molar-refractivity contribution in [1.29, 1.82) is 0 Å². The average Bonchev–Trinajstić information content (AvgIpc) is 3.08. The van der Waals surface area contributed by atoms with Crippen molar-refractivity contribution in [3.63, 3.8) is 0 Å². The molecule has 1 aliphatic heterocycles. The Kier molecular flexibility index (Phi) is 6.41. The number of hydrogen-bond donors (Lipinski definition) is 2. The summed E-state index contributed by atoms with van der Waals surface area (Å²) in [6.45, 7) is 5.83. The highest BCUT2D eigenvalue weighted by molar-refractivity contribution is 7.09. The Morgan fingerprint density at radius 1 is 1.19 bits per heavy atom. The number of rotatable bonds is 5. The van der Waals surface area contributed by atoms with E-state index in [0.717, 1.165) is 35.9 Å². The van der Waals surface area contributed by atoms with Crippen LogP contribution in [0.1, 0.15) is 16.3 Å². The molecular formula is C19H25N5O2S. The minimum Gasteiger partial charge on any atom is -0.359 e. The molecule has 7 nitrogen and oxygen atoms in total. The van der Waals surface area contributed by atoms with Crippen molar-refractivity contribution in [2.45, 2.75) is 19.9 Å². The van der Waals surface area contributed by atoms with Crippen LogP contribution in [0.2, 0.25) is 0 Å². The van der Waals surface area contributed by atoms with E-state index in [4.69, 9.17) is 0 Å². The molecule has 2 heterocycles. The minimum atomic E-state index is -0.122. The number of para-hydroxylation sites is 1. The number of amides is 3. The predicted octanol–water partition coefficient (Wildman–Crippen LogP) is 2.09. The van der Waals surface area contributed by atoms with E-state index >= 15 is 0 Å². The first-order chi connectivity index (χ1) is 13.0. The van der Waals surface area contributed by atoms with Crippen LogP contribution < -0.4 is 10.6 Å². The number of urea groups is 1. The highest BCUT2D eigenvalue weighted by Gasteiger charge is 2.22. The van der Waals surface area contributed by atoms with Gasteiger partial charge in [0.05, 0.1) is 17.1 Å². The van der Waals surface area contributed by atoms with Gasteiger partial charge in [-0.1, -0.05) is 18.2 Å². The fourth-order valence-corrected chi connectivity index (χ4v) is 3.67. The molecule has 2 aromatic rings. The molecule has 2 N–H and O–H groups in total. The monoisotopic (exact) mass is 387 g/mol. The largest absolute Gasteiger partial charge is 0.359 e. The van der Waals surface area contributed by atoms with Crippen LogP contribution in [0.25, 0.3) is 0 Å². The Morgan fingerprint density at radius 2 is 1.93 bits per heavy atom. The maximum atomic E-state index is 12.6. The Hall–Kier alpha value is -2.45. The van der Waals surface area contributed by atoms with Crippen LogP contribution in [-0.2, 0) is 17.8 Å². The summed E-state index contributed by atoms with van der Waals surface area (Å²) in [5.74, 6) is -0.0809. The highest BCUT2D eigenvalue weighted by Crippen LogP contribution is 2.17. The molecule has 1 aromatic heterocycles. The van der Waals surface area contributed by atoms with Crippen molar-refractivity contribution in [2.24, 2.45) is 0 Å². The molecule has 0 unspecified atom stereocenters. The molecule has 3 rings (SSSR count). The second-order valence-electron chi connectivity index (χ2n) is 6.56. The van der Waals surface area contributed by atoms with Crippen LogP contribution in [0.4, 0.5) is 10.5 Å². The SMILES string of the molecule is CNC(=O)Cc1ccccc1NC(=O)N1CCN(Cc2csc(C)n2)CC1. The van der Waals surface area contributed by atoms with Crippen molar-refractivity contribution < 1.29 is 9.59 Å². The second kappa shape index (κ2) is 8.96. The number of thiazole rings is 1. The zero-order valence-corrected chi connectivity index (χ0v) is 16.5. The lowest BCUT2D eigenvalue weighted by Crippen LogP contribution is -2.49. The number of likely N-dealkylation sites (N-methyl/N-ethyl adjacent to an activating group) is 1. The molecule has 0 bridgehead atoms. The number of carbonyl (C=O) groups excluding carboxylic acids is 2. The quantitative estimate of drug-likeness (QED) is 0.824. The number of piperazine rings is 1. The fourth-order valence-electron chi connectivity index (χ4n) is 3.07.